The molecule has 0 unspecified atom stereocenters. The molecular formula is C16H16S. The highest BCUT2D eigenvalue weighted by Crippen LogP contribution is 2.35. The van der Waals surface area contributed by atoms with Gasteiger partial charge in [-0.1, -0.05) is 54.1 Å². The molecule has 0 nitrogen and oxygen atoms in total. The van der Waals surface area contributed by atoms with E-state index < -0.39 is 0 Å². The summed E-state index contributed by atoms with van der Waals surface area (Å²) >= 11 is 1.83. The molecule has 0 radical (unpaired) electrons. The zero-order valence-corrected chi connectivity index (χ0v) is 10.8. The van der Waals surface area contributed by atoms with Crippen molar-refractivity contribution >= 4 is 11.8 Å². The van der Waals surface area contributed by atoms with Gasteiger partial charge in [0.25, 0.3) is 0 Å². The molecule has 0 bridgehead atoms. The third kappa shape index (κ3) is 3.24. The quantitative estimate of drug-likeness (QED) is 0.534. The van der Waals surface area contributed by atoms with Gasteiger partial charge in [-0.15, -0.1) is 18.3 Å². The maximum atomic E-state index is 3.94. The van der Waals surface area contributed by atoms with Gasteiger partial charge < -0.3 is 0 Å². The molecule has 0 amide bonds. The standard InChI is InChI=1S/C16H16S/c1-3-16(14-11-9-13(2)10-12-14)17-15-7-5-4-6-8-15/h3-12,16H,1H2,2H3/t16-/m0/s1. The van der Waals surface area contributed by atoms with Crippen molar-refractivity contribution in [1.82, 2.24) is 0 Å². The maximum Gasteiger partial charge on any atom is 0.0521 e. The Bertz CT molecular complexity index is 471. The SMILES string of the molecule is C=C[C@H](Sc1ccccc1)c1ccc(C)cc1. The van der Waals surface area contributed by atoms with E-state index in [1.807, 2.05) is 23.9 Å². The van der Waals surface area contributed by atoms with Crippen LogP contribution in [-0.4, -0.2) is 0 Å². The van der Waals surface area contributed by atoms with Crippen LogP contribution in [0, 0.1) is 6.92 Å². The molecule has 0 fully saturated rings. The van der Waals surface area contributed by atoms with Crippen molar-refractivity contribution in [3.05, 3.63) is 78.4 Å². The van der Waals surface area contributed by atoms with E-state index in [1.54, 1.807) is 0 Å². The minimum atomic E-state index is 0.318. The lowest BCUT2D eigenvalue weighted by atomic mass is 10.1. The summed E-state index contributed by atoms with van der Waals surface area (Å²) in [6.45, 7) is 6.04. The van der Waals surface area contributed by atoms with E-state index in [0.29, 0.717) is 5.25 Å². The Morgan fingerprint density at radius 3 is 2.24 bits per heavy atom. The Labute approximate surface area is 107 Å². The smallest absolute Gasteiger partial charge is 0.0521 e. The summed E-state index contributed by atoms with van der Waals surface area (Å²) in [5.41, 5.74) is 2.60. The number of hydrogen-bond acceptors (Lipinski definition) is 1. The van der Waals surface area contributed by atoms with E-state index in [0.717, 1.165) is 0 Å². The third-order valence-electron chi connectivity index (χ3n) is 2.63. The average Bonchev–Trinajstić information content (AvgIpc) is 2.38. The molecule has 2 aromatic rings. The van der Waals surface area contributed by atoms with Crippen molar-refractivity contribution in [2.24, 2.45) is 0 Å². The number of benzene rings is 2. The van der Waals surface area contributed by atoms with Crippen LogP contribution in [0.15, 0.2) is 72.1 Å². The molecule has 0 spiro atoms. The molecule has 0 saturated heterocycles. The van der Waals surface area contributed by atoms with Crippen LogP contribution in [0.5, 0.6) is 0 Å². The lowest BCUT2D eigenvalue weighted by Gasteiger charge is -2.12. The lowest BCUT2D eigenvalue weighted by molar-refractivity contribution is 1.21. The van der Waals surface area contributed by atoms with Crippen LogP contribution in [0.4, 0.5) is 0 Å². The molecule has 0 N–H and O–H groups in total. The Kier molecular flexibility index (Phi) is 4.05. The summed E-state index contributed by atoms with van der Waals surface area (Å²) in [7, 11) is 0. The first-order valence-corrected chi connectivity index (χ1v) is 6.58. The molecule has 0 aromatic heterocycles. The van der Waals surface area contributed by atoms with Gasteiger partial charge in [-0.2, -0.15) is 0 Å². The van der Waals surface area contributed by atoms with E-state index >= 15 is 0 Å². The van der Waals surface area contributed by atoms with Crippen LogP contribution in [0.25, 0.3) is 0 Å². The van der Waals surface area contributed by atoms with E-state index in [4.69, 9.17) is 0 Å². The second kappa shape index (κ2) is 5.74. The average molecular weight is 240 g/mol. The zero-order chi connectivity index (χ0) is 12.1. The van der Waals surface area contributed by atoms with Gasteiger partial charge in [0, 0.05) is 4.90 Å². The number of aryl methyl sites for hydroxylation is 1. The number of hydrogen-bond donors (Lipinski definition) is 0. The van der Waals surface area contributed by atoms with Crippen molar-refractivity contribution in [2.45, 2.75) is 17.1 Å². The van der Waals surface area contributed by atoms with Gasteiger partial charge in [0.2, 0.25) is 0 Å². The summed E-state index contributed by atoms with van der Waals surface area (Å²) in [4.78, 5) is 1.28. The fraction of sp³-hybridized carbons (Fsp3) is 0.125. The van der Waals surface area contributed by atoms with Gasteiger partial charge in [0.05, 0.1) is 5.25 Å². The summed E-state index contributed by atoms with van der Waals surface area (Å²) in [6.07, 6.45) is 2.00. The Morgan fingerprint density at radius 2 is 1.65 bits per heavy atom. The molecule has 0 heterocycles. The van der Waals surface area contributed by atoms with E-state index in [2.05, 4.69) is 62.0 Å². The Balaban J connectivity index is 2.17. The fourth-order valence-corrected chi connectivity index (χ4v) is 2.65. The first-order valence-electron chi connectivity index (χ1n) is 5.70. The predicted octanol–water partition coefficient (Wildman–Crippen LogP) is 5.01. The van der Waals surface area contributed by atoms with Gasteiger partial charge in [-0.05, 0) is 24.6 Å². The van der Waals surface area contributed by atoms with Gasteiger partial charge in [-0.25, -0.2) is 0 Å². The molecule has 0 aliphatic rings. The monoisotopic (exact) mass is 240 g/mol. The molecule has 0 aliphatic heterocycles. The molecule has 0 aliphatic carbocycles. The van der Waals surface area contributed by atoms with Crippen molar-refractivity contribution in [3.63, 3.8) is 0 Å². The molecule has 2 aromatic carbocycles. The minimum absolute atomic E-state index is 0.318. The lowest BCUT2D eigenvalue weighted by Crippen LogP contribution is -1.89. The van der Waals surface area contributed by atoms with Gasteiger partial charge in [0.1, 0.15) is 0 Å². The molecular weight excluding hydrogens is 224 g/mol. The highest BCUT2D eigenvalue weighted by atomic mass is 32.2. The van der Waals surface area contributed by atoms with Crippen molar-refractivity contribution in [1.29, 1.82) is 0 Å². The van der Waals surface area contributed by atoms with Crippen LogP contribution in [0.2, 0.25) is 0 Å². The van der Waals surface area contributed by atoms with Gasteiger partial charge in [0.15, 0.2) is 0 Å². The Hall–Kier alpha value is -1.47. The second-order valence-corrected chi connectivity index (χ2v) is 5.21. The van der Waals surface area contributed by atoms with Crippen molar-refractivity contribution < 1.29 is 0 Å². The molecule has 17 heavy (non-hydrogen) atoms. The first-order chi connectivity index (χ1) is 8.29. The van der Waals surface area contributed by atoms with Crippen LogP contribution < -0.4 is 0 Å². The largest absolute Gasteiger partial charge is 0.114 e. The normalized spacial score (nSPS) is 12.1. The fourth-order valence-electron chi connectivity index (χ4n) is 1.65. The van der Waals surface area contributed by atoms with Crippen LogP contribution in [0.1, 0.15) is 16.4 Å². The molecule has 1 atom stereocenters. The van der Waals surface area contributed by atoms with Crippen LogP contribution in [0.3, 0.4) is 0 Å². The highest BCUT2D eigenvalue weighted by Gasteiger charge is 2.08. The van der Waals surface area contributed by atoms with Gasteiger partial charge >= 0.3 is 0 Å². The first kappa shape index (κ1) is 12.0. The zero-order valence-electron chi connectivity index (χ0n) is 9.97. The number of rotatable bonds is 4. The predicted molar refractivity (Wildman–Crippen MR) is 76.4 cm³/mol. The van der Waals surface area contributed by atoms with Gasteiger partial charge in [-0.3, -0.25) is 0 Å². The maximum absolute atomic E-state index is 3.94. The van der Waals surface area contributed by atoms with E-state index in [-0.39, 0.29) is 0 Å². The molecule has 1 heteroatoms. The van der Waals surface area contributed by atoms with E-state index in [1.165, 1.54) is 16.0 Å². The summed E-state index contributed by atoms with van der Waals surface area (Å²) < 4.78 is 0. The molecule has 2 rings (SSSR count). The Morgan fingerprint density at radius 1 is 1.00 bits per heavy atom. The van der Waals surface area contributed by atoms with E-state index in [9.17, 15) is 0 Å². The number of thioether (sulfide) groups is 1. The highest BCUT2D eigenvalue weighted by molar-refractivity contribution is 7.99. The second-order valence-electron chi connectivity index (χ2n) is 4.00. The minimum Gasteiger partial charge on any atom is -0.114 e. The van der Waals surface area contributed by atoms with Crippen molar-refractivity contribution in [3.8, 4) is 0 Å². The summed E-state index contributed by atoms with van der Waals surface area (Å²) in [5.74, 6) is 0. The third-order valence-corrected chi connectivity index (χ3v) is 3.89. The molecule has 0 saturated carbocycles. The summed E-state index contributed by atoms with van der Waals surface area (Å²) in [6, 6.07) is 19.1. The topological polar surface area (TPSA) is 0 Å². The van der Waals surface area contributed by atoms with Crippen LogP contribution >= 0.6 is 11.8 Å². The van der Waals surface area contributed by atoms with Crippen LogP contribution in [-0.2, 0) is 0 Å². The molecule has 86 valence electrons. The summed E-state index contributed by atoms with van der Waals surface area (Å²) in [5, 5.41) is 0.318. The van der Waals surface area contributed by atoms with Crippen molar-refractivity contribution in [2.75, 3.05) is 0 Å².